The number of rotatable bonds is 38. The zero-order chi connectivity index (χ0) is 40.0. The Kier molecular flexibility index (Phi) is 35.2. The number of carbonyl (C=O) groups is 2. The number of quaternary nitrogens is 1. The van der Waals surface area contributed by atoms with Crippen molar-refractivity contribution in [1.82, 2.24) is 0 Å². The number of allylic oxidation sites excluding steroid dienone is 8. The van der Waals surface area contributed by atoms with E-state index in [1.54, 1.807) is 0 Å². The number of phosphoric ester groups is 1. The third kappa shape index (κ3) is 39.7. The van der Waals surface area contributed by atoms with Gasteiger partial charge in [0.05, 0.1) is 27.7 Å². The molecule has 0 aromatic heterocycles. The van der Waals surface area contributed by atoms with E-state index in [9.17, 15) is 19.0 Å². The van der Waals surface area contributed by atoms with E-state index in [-0.39, 0.29) is 32.0 Å². The first kappa shape index (κ1) is 52.0. The highest BCUT2D eigenvalue weighted by Gasteiger charge is 2.27. The molecule has 1 N–H and O–H groups in total. The van der Waals surface area contributed by atoms with Crippen LogP contribution in [-0.2, 0) is 32.7 Å². The number of hydrogen-bond donors (Lipinski definition) is 1. The summed E-state index contributed by atoms with van der Waals surface area (Å²) in [6.07, 6.45) is 41.5. The molecule has 0 aliphatic carbocycles. The molecule has 0 aromatic rings. The fourth-order valence-electron chi connectivity index (χ4n) is 5.43. The zero-order valence-electron chi connectivity index (χ0n) is 35.2. The molecular formula is C44H81NO8P+. The Hall–Kier alpha value is -2.03. The first-order valence-electron chi connectivity index (χ1n) is 21.4. The Morgan fingerprint density at radius 2 is 1.00 bits per heavy atom. The lowest BCUT2D eigenvalue weighted by molar-refractivity contribution is -0.870. The van der Waals surface area contributed by atoms with Crippen LogP contribution in [0.25, 0.3) is 0 Å². The fraction of sp³-hybridized carbons (Fsp3) is 0.773. The Bertz CT molecular complexity index is 1070. The monoisotopic (exact) mass is 783 g/mol. The molecule has 0 heterocycles. The van der Waals surface area contributed by atoms with Crippen molar-refractivity contribution in [2.24, 2.45) is 0 Å². The van der Waals surface area contributed by atoms with E-state index < -0.39 is 26.5 Å². The third-order valence-corrected chi connectivity index (χ3v) is 9.82. The molecule has 54 heavy (non-hydrogen) atoms. The second kappa shape index (κ2) is 36.6. The number of esters is 2. The van der Waals surface area contributed by atoms with Crippen molar-refractivity contribution in [2.75, 3.05) is 47.5 Å². The summed E-state index contributed by atoms with van der Waals surface area (Å²) in [5, 5.41) is 0. The van der Waals surface area contributed by atoms with Gasteiger partial charge >= 0.3 is 19.8 Å². The van der Waals surface area contributed by atoms with Crippen LogP contribution in [-0.4, -0.2) is 74.9 Å². The largest absolute Gasteiger partial charge is 0.472 e. The van der Waals surface area contributed by atoms with Crippen molar-refractivity contribution in [3.63, 3.8) is 0 Å². The number of unbranched alkanes of at least 4 members (excludes halogenated alkanes) is 16. The van der Waals surface area contributed by atoms with E-state index in [1.807, 2.05) is 21.1 Å². The Morgan fingerprint density at radius 1 is 0.574 bits per heavy atom. The average Bonchev–Trinajstić information content (AvgIpc) is 3.12. The molecule has 2 atom stereocenters. The predicted molar refractivity (Wildman–Crippen MR) is 224 cm³/mol. The second-order valence-corrected chi connectivity index (χ2v) is 16.8. The van der Waals surface area contributed by atoms with Gasteiger partial charge in [-0.15, -0.1) is 0 Å². The van der Waals surface area contributed by atoms with Crippen LogP contribution in [0.5, 0.6) is 0 Å². The summed E-state index contributed by atoms with van der Waals surface area (Å²) < 4.78 is 34.2. The quantitative estimate of drug-likeness (QED) is 0.0217. The van der Waals surface area contributed by atoms with Crippen LogP contribution in [0.1, 0.15) is 168 Å². The Balaban J connectivity index is 4.44. The van der Waals surface area contributed by atoms with Crippen LogP contribution >= 0.6 is 7.82 Å². The van der Waals surface area contributed by atoms with Crippen LogP contribution in [0.2, 0.25) is 0 Å². The van der Waals surface area contributed by atoms with Crippen molar-refractivity contribution >= 4 is 19.8 Å². The molecule has 314 valence electrons. The van der Waals surface area contributed by atoms with Crippen LogP contribution in [0.15, 0.2) is 48.6 Å². The molecule has 1 unspecified atom stereocenters. The minimum atomic E-state index is -4.38. The second-order valence-electron chi connectivity index (χ2n) is 15.4. The van der Waals surface area contributed by atoms with E-state index in [4.69, 9.17) is 18.5 Å². The van der Waals surface area contributed by atoms with E-state index in [0.29, 0.717) is 17.4 Å². The number of ether oxygens (including phenoxy) is 2. The molecule has 0 rings (SSSR count). The first-order chi connectivity index (χ1) is 26.0. The van der Waals surface area contributed by atoms with Crippen LogP contribution in [0.4, 0.5) is 0 Å². The van der Waals surface area contributed by atoms with Crippen LogP contribution in [0.3, 0.4) is 0 Å². The van der Waals surface area contributed by atoms with Gasteiger partial charge in [-0.2, -0.15) is 0 Å². The lowest BCUT2D eigenvalue weighted by Gasteiger charge is -2.24. The van der Waals surface area contributed by atoms with Gasteiger partial charge in [0.2, 0.25) is 0 Å². The molecule has 0 spiro atoms. The summed E-state index contributed by atoms with van der Waals surface area (Å²) in [5.41, 5.74) is 0. The van der Waals surface area contributed by atoms with Gasteiger partial charge in [0.1, 0.15) is 19.8 Å². The summed E-state index contributed by atoms with van der Waals surface area (Å²) in [4.78, 5) is 35.3. The standard InChI is InChI=1S/C44H80NO8P/c1-6-8-10-12-14-16-18-20-22-24-26-28-30-32-34-36-43(46)50-40-42(41-52-54(48,49)51-39-38-45(3,4)5)53-44(47)37-35-33-31-29-27-25-23-21-19-17-15-13-11-9-7-2/h14-17,20-23,42H,6-13,18-19,24-41H2,1-5H3/p+1/b16-14-,17-15-,22-20-,23-21-/t42-/m0/s1. The third-order valence-electron chi connectivity index (χ3n) is 8.83. The highest BCUT2D eigenvalue weighted by molar-refractivity contribution is 7.47. The molecule has 0 bridgehead atoms. The average molecular weight is 783 g/mol. The Labute approximate surface area is 331 Å². The Morgan fingerprint density at radius 3 is 1.46 bits per heavy atom. The minimum Gasteiger partial charge on any atom is -0.462 e. The topological polar surface area (TPSA) is 108 Å². The highest BCUT2D eigenvalue weighted by Crippen LogP contribution is 2.43. The van der Waals surface area contributed by atoms with E-state index in [0.717, 1.165) is 83.5 Å². The van der Waals surface area contributed by atoms with Crippen molar-refractivity contribution in [3.8, 4) is 0 Å². The van der Waals surface area contributed by atoms with Crippen LogP contribution < -0.4 is 0 Å². The number of nitrogens with zero attached hydrogens (tertiary/aromatic N) is 1. The fourth-order valence-corrected chi connectivity index (χ4v) is 6.17. The van der Waals surface area contributed by atoms with Crippen LogP contribution in [0, 0.1) is 0 Å². The predicted octanol–water partition coefficient (Wildman–Crippen LogP) is 11.9. The number of carbonyl (C=O) groups excluding carboxylic acids is 2. The van der Waals surface area contributed by atoms with Gasteiger partial charge in [-0.3, -0.25) is 18.6 Å². The molecule has 0 fully saturated rings. The maximum Gasteiger partial charge on any atom is 0.472 e. The molecule has 0 aliphatic rings. The number of likely N-dealkylation sites (N-methyl/N-ethyl adjacent to an activating group) is 1. The van der Waals surface area contributed by atoms with Crippen molar-refractivity contribution in [1.29, 1.82) is 0 Å². The van der Waals surface area contributed by atoms with E-state index in [2.05, 4.69) is 62.5 Å². The molecule has 10 heteroatoms. The van der Waals surface area contributed by atoms with Gasteiger partial charge in [0, 0.05) is 12.8 Å². The molecule has 0 saturated heterocycles. The summed E-state index contributed by atoms with van der Waals surface area (Å²) in [5.74, 6) is -0.834. The summed E-state index contributed by atoms with van der Waals surface area (Å²) in [6, 6.07) is 0. The smallest absolute Gasteiger partial charge is 0.462 e. The SMILES string of the molecule is CCCCC/C=C\C/C=C\CCCCCCCC(=O)OC[C@@H](COP(=O)(O)OCC[N+](C)(C)C)OC(=O)CCCCCCC/C=C\C/C=C\CCCCC. The molecule has 0 aliphatic heterocycles. The highest BCUT2D eigenvalue weighted by atomic mass is 31.2. The molecule has 0 amide bonds. The molecule has 0 aromatic carbocycles. The maximum absolute atomic E-state index is 12.7. The van der Waals surface area contributed by atoms with E-state index >= 15 is 0 Å². The maximum atomic E-state index is 12.7. The minimum absolute atomic E-state index is 0.0249. The molecular weight excluding hydrogens is 701 g/mol. The van der Waals surface area contributed by atoms with Gasteiger partial charge in [-0.1, -0.05) is 127 Å². The lowest BCUT2D eigenvalue weighted by Crippen LogP contribution is -2.37. The summed E-state index contributed by atoms with van der Waals surface area (Å²) in [6.45, 7) is 4.32. The van der Waals surface area contributed by atoms with Gasteiger partial charge in [-0.25, -0.2) is 4.57 Å². The normalized spacial score (nSPS) is 14.1. The molecule has 0 radical (unpaired) electrons. The van der Waals surface area contributed by atoms with Crippen molar-refractivity contribution in [3.05, 3.63) is 48.6 Å². The van der Waals surface area contributed by atoms with Crippen molar-refractivity contribution in [2.45, 2.75) is 174 Å². The van der Waals surface area contributed by atoms with Gasteiger partial charge < -0.3 is 18.9 Å². The number of phosphoric acid groups is 1. The molecule has 0 saturated carbocycles. The van der Waals surface area contributed by atoms with Gasteiger partial charge in [0.15, 0.2) is 6.10 Å². The van der Waals surface area contributed by atoms with Gasteiger partial charge in [0.25, 0.3) is 0 Å². The first-order valence-corrected chi connectivity index (χ1v) is 22.9. The summed E-state index contributed by atoms with van der Waals surface area (Å²) >= 11 is 0. The zero-order valence-corrected chi connectivity index (χ0v) is 36.1. The molecule has 9 nitrogen and oxygen atoms in total. The number of hydrogen-bond acceptors (Lipinski definition) is 7. The van der Waals surface area contributed by atoms with Gasteiger partial charge in [-0.05, 0) is 77.0 Å². The van der Waals surface area contributed by atoms with Crippen molar-refractivity contribution < 1.29 is 42.1 Å². The van der Waals surface area contributed by atoms with E-state index in [1.165, 1.54) is 51.4 Å². The summed E-state index contributed by atoms with van der Waals surface area (Å²) in [7, 11) is 1.45. The lowest BCUT2D eigenvalue weighted by atomic mass is 10.1.